The number of amides is 2. The molecule has 0 heterocycles. The van der Waals surface area contributed by atoms with Gasteiger partial charge in [0.05, 0.1) is 23.1 Å². The molecule has 0 fully saturated rings. The number of nitrogens with one attached hydrogen (secondary N) is 2. The van der Waals surface area contributed by atoms with Crippen LogP contribution in [-0.2, 0) is 22.6 Å². The first-order valence-corrected chi connectivity index (χ1v) is 9.42. The third-order valence-corrected chi connectivity index (χ3v) is 4.86. The van der Waals surface area contributed by atoms with Crippen LogP contribution in [0.25, 0.3) is 0 Å². The molecule has 0 unspecified atom stereocenters. The van der Waals surface area contributed by atoms with Crippen molar-refractivity contribution >= 4 is 40.7 Å². The summed E-state index contributed by atoms with van der Waals surface area (Å²) in [7, 11) is 1.80. The molecular formula is C20H23Cl2N3O2. The molecule has 0 atom stereocenters. The minimum absolute atomic E-state index is 0.0807. The van der Waals surface area contributed by atoms with Gasteiger partial charge in [-0.1, -0.05) is 60.5 Å². The van der Waals surface area contributed by atoms with E-state index in [-0.39, 0.29) is 24.9 Å². The van der Waals surface area contributed by atoms with Crippen molar-refractivity contribution in [1.29, 1.82) is 0 Å². The summed E-state index contributed by atoms with van der Waals surface area (Å²) in [6, 6.07) is 13.0. The monoisotopic (exact) mass is 407 g/mol. The number of hydrogen-bond donors (Lipinski definition) is 2. The summed E-state index contributed by atoms with van der Waals surface area (Å²) in [5.74, 6) is -0.501. The van der Waals surface area contributed by atoms with Gasteiger partial charge in [0.15, 0.2) is 0 Å². The van der Waals surface area contributed by atoms with Gasteiger partial charge in [0.1, 0.15) is 0 Å². The summed E-state index contributed by atoms with van der Waals surface area (Å²) in [5.41, 5.74) is 2.66. The van der Waals surface area contributed by atoms with Gasteiger partial charge >= 0.3 is 0 Å². The van der Waals surface area contributed by atoms with E-state index in [0.717, 1.165) is 23.2 Å². The number of benzene rings is 2. The highest BCUT2D eigenvalue weighted by atomic mass is 35.5. The van der Waals surface area contributed by atoms with Crippen molar-refractivity contribution in [3.63, 3.8) is 0 Å². The lowest BCUT2D eigenvalue weighted by atomic mass is 10.1. The smallest absolute Gasteiger partial charge is 0.243 e. The fourth-order valence-electron chi connectivity index (χ4n) is 2.64. The molecule has 2 N–H and O–H groups in total. The van der Waals surface area contributed by atoms with Gasteiger partial charge < -0.3 is 10.6 Å². The summed E-state index contributed by atoms with van der Waals surface area (Å²) in [4.78, 5) is 26.0. The second kappa shape index (κ2) is 10.3. The van der Waals surface area contributed by atoms with Crippen LogP contribution in [0.2, 0.25) is 10.0 Å². The minimum Gasteiger partial charge on any atom is -0.346 e. The van der Waals surface area contributed by atoms with Crippen LogP contribution in [0.5, 0.6) is 0 Å². The summed E-state index contributed by atoms with van der Waals surface area (Å²) in [6.07, 6.45) is 0.819. The number of para-hydroxylation sites is 1. The van der Waals surface area contributed by atoms with Crippen LogP contribution >= 0.6 is 23.2 Å². The van der Waals surface area contributed by atoms with Gasteiger partial charge in [0.25, 0.3) is 0 Å². The van der Waals surface area contributed by atoms with Crippen molar-refractivity contribution in [2.45, 2.75) is 19.9 Å². The average Bonchev–Trinajstić information content (AvgIpc) is 2.64. The predicted molar refractivity (Wildman–Crippen MR) is 110 cm³/mol. The van der Waals surface area contributed by atoms with E-state index >= 15 is 0 Å². The molecular weight excluding hydrogens is 385 g/mol. The lowest BCUT2D eigenvalue weighted by Gasteiger charge is -2.17. The lowest BCUT2D eigenvalue weighted by molar-refractivity contribution is -0.124. The topological polar surface area (TPSA) is 61.4 Å². The zero-order chi connectivity index (χ0) is 19.8. The second-order valence-corrected chi connectivity index (χ2v) is 7.01. The van der Waals surface area contributed by atoms with Crippen molar-refractivity contribution in [2.75, 3.05) is 25.5 Å². The Morgan fingerprint density at radius 3 is 2.44 bits per heavy atom. The molecule has 0 aliphatic carbocycles. The number of carbonyl (C=O) groups excluding carboxylic acids is 2. The maximum atomic E-state index is 12.1. The van der Waals surface area contributed by atoms with Crippen molar-refractivity contribution < 1.29 is 9.59 Å². The molecule has 5 nitrogen and oxygen atoms in total. The van der Waals surface area contributed by atoms with Gasteiger partial charge in [0.2, 0.25) is 11.8 Å². The van der Waals surface area contributed by atoms with E-state index in [4.69, 9.17) is 23.2 Å². The predicted octanol–water partition coefficient (Wildman–Crippen LogP) is 3.74. The molecule has 0 aromatic heterocycles. The minimum atomic E-state index is -0.259. The third-order valence-electron chi connectivity index (χ3n) is 4.00. The van der Waals surface area contributed by atoms with E-state index in [2.05, 4.69) is 10.6 Å². The van der Waals surface area contributed by atoms with Crippen LogP contribution in [0.15, 0.2) is 42.5 Å². The summed E-state index contributed by atoms with van der Waals surface area (Å²) < 4.78 is 0. The molecule has 0 saturated heterocycles. The number of nitrogens with zero attached hydrogens (tertiary/aromatic N) is 1. The zero-order valence-electron chi connectivity index (χ0n) is 15.4. The number of anilines is 1. The Morgan fingerprint density at radius 2 is 1.70 bits per heavy atom. The maximum absolute atomic E-state index is 12.1. The molecule has 2 aromatic rings. The van der Waals surface area contributed by atoms with Crippen LogP contribution < -0.4 is 10.6 Å². The SMILES string of the molecule is CCc1ccccc1NC(=O)CNC(=O)CN(C)Cc1cccc(Cl)c1Cl. The zero-order valence-corrected chi connectivity index (χ0v) is 16.9. The highest BCUT2D eigenvalue weighted by Crippen LogP contribution is 2.26. The van der Waals surface area contributed by atoms with E-state index in [1.165, 1.54) is 0 Å². The quantitative estimate of drug-likeness (QED) is 0.700. The first kappa shape index (κ1) is 21.2. The lowest BCUT2D eigenvalue weighted by Crippen LogP contribution is -2.39. The molecule has 2 amide bonds. The Labute approximate surface area is 169 Å². The van der Waals surface area contributed by atoms with Gasteiger partial charge in [-0.15, -0.1) is 0 Å². The second-order valence-electron chi connectivity index (χ2n) is 6.22. The Bertz CT molecular complexity index is 812. The Hall–Kier alpha value is -2.08. The molecule has 0 saturated carbocycles. The molecule has 144 valence electrons. The first-order chi connectivity index (χ1) is 12.9. The van der Waals surface area contributed by atoms with Crippen LogP contribution in [-0.4, -0.2) is 36.9 Å². The number of hydrogen-bond acceptors (Lipinski definition) is 3. The van der Waals surface area contributed by atoms with Gasteiger partial charge in [-0.2, -0.15) is 0 Å². The van der Waals surface area contributed by atoms with Crippen molar-refractivity contribution in [3.05, 3.63) is 63.6 Å². The van der Waals surface area contributed by atoms with E-state index in [9.17, 15) is 9.59 Å². The Balaban J connectivity index is 1.79. The van der Waals surface area contributed by atoms with Gasteiger partial charge in [-0.3, -0.25) is 14.5 Å². The van der Waals surface area contributed by atoms with Crippen LogP contribution in [0.1, 0.15) is 18.1 Å². The first-order valence-electron chi connectivity index (χ1n) is 8.66. The maximum Gasteiger partial charge on any atom is 0.243 e. The average molecular weight is 408 g/mol. The number of halogens is 2. The molecule has 27 heavy (non-hydrogen) atoms. The van der Waals surface area contributed by atoms with E-state index < -0.39 is 0 Å². The third kappa shape index (κ3) is 6.54. The van der Waals surface area contributed by atoms with Gasteiger partial charge in [-0.05, 0) is 36.7 Å². The van der Waals surface area contributed by atoms with E-state index in [1.54, 1.807) is 18.0 Å². The summed E-state index contributed by atoms with van der Waals surface area (Å²) in [6.45, 7) is 2.56. The molecule has 2 rings (SSSR count). The van der Waals surface area contributed by atoms with Gasteiger partial charge in [-0.25, -0.2) is 0 Å². The van der Waals surface area contributed by atoms with Crippen molar-refractivity contribution in [1.82, 2.24) is 10.2 Å². The van der Waals surface area contributed by atoms with Crippen LogP contribution in [0, 0.1) is 0 Å². The highest BCUT2D eigenvalue weighted by Gasteiger charge is 2.12. The number of rotatable bonds is 8. The molecule has 0 bridgehead atoms. The number of aryl methyl sites for hydroxylation is 1. The number of likely N-dealkylation sites (N-methyl/N-ethyl adjacent to an activating group) is 1. The van der Waals surface area contributed by atoms with Gasteiger partial charge in [0, 0.05) is 12.2 Å². The van der Waals surface area contributed by atoms with Crippen LogP contribution in [0.4, 0.5) is 5.69 Å². The van der Waals surface area contributed by atoms with Crippen molar-refractivity contribution in [3.8, 4) is 0 Å². The molecule has 0 aliphatic rings. The van der Waals surface area contributed by atoms with Crippen LogP contribution in [0.3, 0.4) is 0 Å². The largest absolute Gasteiger partial charge is 0.346 e. The number of carbonyl (C=O) groups is 2. The van der Waals surface area contributed by atoms with Crippen molar-refractivity contribution in [2.24, 2.45) is 0 Å². The summed E-state index contributed by atoms with van der Waals surface area (Å²) in [5, 5.41) is 6.42. The normalized spacial score (nSPS) is 10.7. The van der Waals surface area contributed by atoms with E-state index in [0.29, 0.717) is 16.6 Å². The Kier molecular flexibility index (Phi) is 8.10. The van der Waals surface area contributed by atoms with E-state index in [1.807, 2.05) is 43.3 Å². The molecule has 0 spiro atoms. The molecule has 2 aromatic carbocycles. The Morgan fingerprint density at radius 1 is 1.00 bits per heavy atom. The molecule has 0 aliphatic heterocycles. The molecule has 7 heteroatoms. The highest BCUT2D eigenvalue weighted by molar-refractivity contribution is 6.42. The summed E-state index contributed by atoms with van der Waals surface area (Å²) >= 11 is 12.2. The standard InChI is InChI=1S/C20H23Cl2N3O2/c1-3-14-7-4-5-10-17(14)24-18(26)11-23-19(27)13-25(2)12-15-8-6-9-16(21)20(15)22/h4-10H,3,11-13H2,1-2H3,(H,23,27)(H,24,26). The fourth-order valence-corrected chi connectivity index (χ4v) is 3.02. The fraction of sp³-hybridized carbons (Fsp3) is 0.300. The molecule has 0 radical (unpaired) electrons.